The summed E-state index contributed by atoms with van der Waals surface area (Å²) in [5.41, 5.74) is 6.00. The molecule has 0 saturated carbocycles. The Kier molecular flexibility index (Phi) is 4.34. The summed E-state index contributed by atoms with van der Waals surface area (Å²) in [6.07, 6.45) is 0. The molecule has 1 heterocycles. The highest BCUT2D eigenvalue weighted by molar-refractivity contribution is 9.10. The van der Waals surface area contributed by atoms with Crippen LogP contribution in [0.5, 0.6) is 0 Å². The third kappa shape index (κ3) is 2.87. The Morgan fingerprint density at radius 1 is 0.500 bits per heavy atom. The highest BCUT2D eigenvalue weighted by Gasteiger charge is 2.20. The minimum Gasteiger partial charge on any atom is -0.308 e. The van der Waals surface area contributed by atoms with Gasteiger partial charge in [-0.15, -0.1) is 0 Å². The van der Waals surface area contributed by atoms with Gasteiger partial charge in [-0.3, -0.25) is 0 Å². The van der Waals surface area contributed by atoms with Crippen molar-refractivity contribution in [3.05, 3.63) is 114 Å². The average molecular weight is 424 g/mol. The summed E-state index contributed by atoms with van der Waals surface area (Å²) in [6, 6.07) is 38.4. The van der Waals surface area contributed by atoms with Crippen molar-refractivity contribution in [2.45, 2.75) is 0 Å². The minimum absolute atomic E-state index is 1.09. The lowest BCUT2D eigenvalue weighted by molar-refractivity contribution is 1.10. The summed E-state index contributed by atoms with van der Waals surface area (Å²) in [5, 5.41) is 2.49. The first-order chi connectivity index (χ1) is 13.8. The van der Waals surface area contributed by atoms with Gasteiger partial charge in [0.1, 0.15) is 0 Å². The molecule has 0 aliphatic rings. The lowest BCUT2D eigenvalue weighted by Gasteiger charge is -2.14. The highest BCUT2D eigenvalue weighted by Crippen LogP contribution is 2.42. The van der Waals surface area contributed by atoms with Gasteiger partial charge in [-0.05, 0) is 35.4 Å². The molecule has 0 unspecified atom stereocenters. The van der Waals surface area contributed by atoms with Crippen molar-refractivity contribution in [3.8, 4) is 28.2 Å². The van der Waals surface area contributed by atoms with Crippen LogP contribution in [0.15, 0.2) is 114 Å². The van der Waals surface area contributed by atoms with E-state index in [0.717, 1.165) is 10.2 Å². The number of benzene rings is 4. The normalized spacial score (nSPS) is 11.0. The maximum atomic E-state index is 3.68. The van der Waals surface area contributed by atoms with Gasteiger partial charge in [0.05, 0.1) is 11.4 Å². The van der Waals surface area contributed by atoms with Crippen LogP contribution in [0.1, 0.15) is 0 Å². The fourth-order valence-corrected chi connectivity index (χ4v) is 4.23. The molecule has 0 saturated heterocycles. The van der Waals surface area contributed by atoms with E-state index in [-0.39, 0.29) is 0 Å². The summed E-state index contributed by atoms with van der Waals surface area (Å²) in [4.78, 5) is 0. The minimum atomic E-state index is 1.09. The van der Waals surface area contributed by atoms with Crippen LogP contribution in [-0.4, -0.2) is 4.57 Å². The van der Waals surface area contributed by atoms with Crippen LogP contribution in [-0.2, 0) is 0 Å². The molecule has 1 nitrogen and oxygen atoms in total. The number of hydrogen-bond acceptors (Lipinski definition) is 0. The highest BCUT2D eigenvalue weighted by atomic mass is 79.9. The molecule has 28 heavy (non-hydrogen) atoms. The standard InChI is InChI=1S/C26H18BrN/c27-21-16-17-23-24(18-21)26(20-12-6-2-7-13-20)28(22-14-8-3-9-15-22)25(23)19-10-4-1-5-11-19/h1-18H. The molecule has 0 aliphatic heterocycles. The Bertz CT molecular complexity index is 1240. The van der Waals surface area contributed by atoms with Gasteiger partial charge < -0.3 is 4.57 Å². The van der Waals surface area contributed by atoms with Gasteiger partial charge in [-0.25, -0.2) is 0 Å². The monoisotopic (exact) mass is 423 g/mol. The molecule has 0 atom stereocenters. The number of nitrogens with zero attached hydrogens (tertiary/aromatic N) is 1. The first-order valence-corrected chi connectivity index (χ1v) is 10.1. The summed E-state index contributed by atoms with van der Waals surface area (Å²) >= 11 is 3.68. The van der Waals surface area contributed by atoms with E-state index in [1.807, 2.05) is 0 Å². The molecule has 0 N–H and O–H groups in total. The van der Waals surface area contributed by atoms with Gasteiger partial charge in [-0.2, -0.15) is 0 Å². The van der Waals surface area contributed by atoms with Crippen molar-refractivity contribution in [1.29, 1.82) is 0 Å². The molecular formula is C26H18BrN. The predicted molar refractivity (Wildman–Crippen MR) is 122 cm³/mol. The molecule has 0 radical (unpaired) electrons. The van der Waals surface area contributed by atoms with Crippen molar-refractivity contribution in [2.24, 2.45) is 0 Å². The third-order valence-corrected chi connectivity index (χ3v) is 5.54. The second kappa shape index (κ2) is 7.14. The second-order valence-electron chi connectivity index (χ2n) is 6.79. The molecule has 1 aromatic heterocycles. The van der Waals surface area contributed by atoms with Crippen molar-refractivity contribution >= 4 is 26.7 Å². The third-order valence-electron chi connectivity index (χ3n) is 5.05. The van der Waals surface area contributed by atoms with E-state index in [1.165, 1.54) is 33.3 Å². The van der Waals surface area contributed by atoms with Gasteiger partial charge in [-0.1, -0.05) is 101 Å². The SMILES string of the molecule is Brc1ccc2c(-c3ccccc3)n(-c3ccccc3)c(-c3ccccc3)c2c1. The maximum absolute atomic E-state index is 3.68. The molecule has 0 amide bonds. The van der Waals surface area contributed by atoms with Crippen LogP contribution in [0.25, 0.3) is 39.0 Å². The Hall–Kier alpha value is -3.10. The Morgan fingerprint density at radius 2 is 1.00 bits per heavy atom. The summed E-state index contributed by atoms with van der Waals surface area (Å²) in [6.45, 7) is 0. The Balaban J connectivity index is 1.98. The average Bonchev–Trinajstić information content (AvgIpc) is 3.10. The van der Waals surface area contributed by atoms with Gasteiger partial charge in [0.2, 0.25) is 0 Å². The van der Waals surface area contributed by atoms with Crippen molar-refractivity contribution in [2.75, 3.05) is 0 Å². The molecule has 2 heteroatoms. The summed E-state index contributed by atoms with van der Waals surface area (Å²) in [7, 11) is 0. The molecular weight excluding hydrogens is 406 g/mol. The zero-order valence-corrected chi connectivity index (χ0v) is 16.8. The molecule has 5 rings (SSSR count). The van der Waals surface area contributed by atoms with E-state index < -0.39 is 0 Å². The van der Waals surface area contributed by atoms with Gasteiger partial charge in [0.15, 0.2) is 0 Å². The fourth-order valence-electron chi connectivity index (χ4n) is 3.87. The van der Waals surface area contributed by atoms with Crippen LogP contribution in [0.3, 0.4) is 0 Å². The van der Waals surface area contributed by atoms with E-state index in [2.05, 4.69) is 130 Å². The second-order valence-corrected chi connectivity index (χ2v) is 7.71. The molecule has 0 aliphatic carbocycles. The van der Waals surface area contributed by atoms with Crippen molar-refractivity contribution in [1.82, 2.24) is 4.57 Å². The smallest absolute Gasteiger partial charge is 0.0614 e. The zero-order chi connectivity index (χ0) is 18.9. The first-order valence-electron chi connectivity index (χ1n) is 9.33. The quantitative estimate of drug-likeness (QED) is 0.279. The van der Waals surface area contributed by atoms with Crippen molar-refractivity contribution < 1.29 is 0 Å². The lowest BCUT2D eigenvalue weighted by atomic mass is 10.0. The van der Waals surface area contributed by atoms with Crippen LogP contribution < -0.4 is 0 Å². The number of para-hydroxylation sites is 1. The topological polar surface area (TPSA) is 4.93 Å². The molecule has 0 fully saturated rings. The number of aromatic nitrogens is 1. The Labute approximate surface area is 173 Å². The van der Waals surface area contributed by atoms with Gasteiger partial charge in [0, 0.05) is 20.9 Å². The van der Waals surface area contributed by atoms with Crippen LogP contribution >= 0.6 is 15.9 Å². The number of halogens is 1. The molecule has 134 valence electrons. The molecule has 0 spiro atoms. The molecule has 5 aromatic rings. The van der Waals surface area contributed by atoms with Crippen molar-refractivity contribution in [3.63, 3.8) is 0 Å². The lowest BCUT2D eigenvalue weighted by Crippen LogP contribution is -1.99. The van der Waals surface area contributed by atoms with E-state index >= 15 is 0 Å². The van der Waals surface area contributed by atoms with Gasteiger partial charge in [0.25, 0.3) is 0 Å². The van der Waals surface area contributed by atoms with Crippen LogP contribution in [0.4, 0.5) is 0 Å². The predicted octanol–water partition coefficient (Wildman–Crippen LogP) is 7.73. The van der Waals surface area contributed by atoms with E-state index in [4.69, 9.17) is 0 Å². The summed E-state index contributed by atoms with van der Waals surface area (Å²) < 4.78 is 3.48. The number of fused-ring (bicyclic) bond motifs is 1. The van der Waals surface area contributed by atoms with Crippen LogP contribution in [0.2, 0.25) is 0 Å². The van der Waals surface area contributed by atoms with Gasteiger partial charge >= 0.3 is 0 Å². The van der Waals surface area contributed by atoms with Crippen LogP contribution in [0, 0.1) is 0 Å². The summed E-state index contributed by atoms with van der Waals surface area (Å²) in [5.74, 6) is 0. The number of hydrogen-bond donors (Lipinski definition) is 0. The van der Waals surface area contributed by atoms with E-state index in [1.54, 1.807) is 0 Å². The first kappa shape index (κ1) is 17.0. The molecule has 4 aromatic carbocycles. The Morgan fingerprint density at radius 3 is 1.57 bits per heavy atom. The molecule has 0 bridgehead atoms. The fraction of sp³-hybridized carbons (Fsp3) is 0. The van der Waals surface area contributed by atoms with E-state index in [0.29, 0.717) is 0 Å². The zero-order valence-electron chi connectivity index (χ0n) is 15.2. The number of rotatable bonds is 3. The van der Waals surface area contributed by atoms with E-state index in [9.17, 15) is 0 Å². The maximum Gasteiger partial charge on any atom is 0.0614 e. The largest absolute Gasteiger partial charge is 0.308 e.